The van der Waals surface area contributed by atoms with E-state index in [1.807, 2.05) is 4.90 Å². The fraction of sp³-hybridized carbons (Fsp3) is 0.350. The molecule has 0 N–H and O–H groups in total. The summed E-state index contributed by atoms with van der Waals surface area (Å²) < 4.78 is 51.8. The minimum absolute atomic E-state index is 0.00809. The highest BCUT2D eigenvalue weighted by atomic mass is 32.2. The molecule has 4 nitrogen and oxygen atoms in total. The zero-order chi connectivity index (χ0) is 19.4. The van der Waals surface area contributed by atoms with E-state index >= 15 is 0 Å². The molecule has 3 rings (SSSR count). The van der Waals surface area contributed by atoms with E-state index in [0.29, 0.717) is 37.4 Å². The van der Waals surface area contributed by atoms with Gasteiger partial charge in [-0.2, -0.15) is 0 Å². The molecule has 1 saturated heterocycles. The first kappa shape index (κ1) is 19.6. The van der Waals surface area contributed by atoms with Crippen LogP contribution in [0.3, 0.4) is 0 Å². The second-order valence-corrected chi connectivity index (χ2v) is 8.85. The molecule has 0 unspecified atom stereocenters. The summed E-state index contributed by atoms with van der Waals surface area (Å²) in [6.07, 6.45) is 1.00. The molecule has 0 aromatic heterocycles. The highest BCUT2D eigenvalue weighted by molar-refractivity contribution is 7.91. The molecule has 0 spiro atoms. The van der Waals surface area contributed by atoms with Crippen LogP contribution in [0, 0.1) is 17.6 Å². The molecule has 0 atom stereocenters. The van der Waals surface area contributed by atoms with Crippen molar-refractivity contribution < 1.29 is 22.0 Å². The first-order valence-electron chi connectivity index (χ1n) is 8.86. The molecule has 27 heavy (non-hydrogen) atoms. The summed E-state index contributed by atoms with van der Waals surface area (Å²) in [6.45, 7) is 1.49. The Kier molecular flexibility index (Phi) is 6.01. The van der Waals surface area contributed by atoms with Crippen LogP contribution in [0.1, 0.15) is 23.2 Å². The number of Topliss-reactive ketones (excluding diaryl/α,β-unsaturated/α-hetero) is 1. The van der Waals surface area contributed by atoms with Crippen molar-refractivity contribution in [3.63, 3.8) is 0 Å². The predicted molar refractivity (Wildman–Crippen MR) is 98.3 cm³/mol. The van der Waals surface area contributed by atoms with Crippen LogP contribution in [0.4, 0.5) is 8.78 Å². The van der Waals surface area contributed by atoms with Gasteiger partial charge in [0.2, 0.25) is 0 Å². The number of piperidine rings is 1. The first-order chi connectivity index (χ1) is 12.9. The monoisotopic (exact) mass is 393 g/mol. The molecule has 2 aromatic rings. The summed E-state index contributed by atoms with van der Waals surface area (Å²) >= 11 is 0. The van der Waals surface area contributed by atoms with Crippen LogP contribution in [0.15, 0.2) is 53.4 Å². The molecular formula is C20H21F2NO3S. The van der Waals surface area contributed by atoms with Gasteiger partial charge in [0, 0.05) is 12.5 Å². The summed E-state index contributed by atoms with van der Waals surface area (Å²) in [6, 6.07) is 11.2. The van der Waals surface area contributed by atoms with Crippen LogP contribution in [-0.4, -0.2) is 44.5 Å². The van der Waals surface area contributed by atoms with E-state index in [1.165, 1.54) is 0 Å². The van der Waals surface area contributed by atoms with E-state index in [1.54, 1.807) is 30.3 Å². The van der Waals surface area contributed by atoms with E-state index < -0.39 is 21.5 Å². The molecule has 1 aliphatic rings. The highest BCUT2D eigenvalue weighted by Crippen LogP contribution is 2.24. The number of nitrogens with zero attached hydrogens (tertiary/aromatic N) is 1. The van der Waals surface area contributed by atoms with Crippen molar-refractivity contribution in [2.45, 2.75) is 17.7 Å². The van der Waals surface area contributed by atoms with Crippen LogP contribution < -0.4 is 0 Å². The molecule has 0 amide bonds. The van der Waals surface area contributed by atoms with Crippen molar-refractivity contribution in [1.82, 2.24) is 4.90 Å². The lowest BCUT2D eigenvalue weighted by atomic mass is 9.88. The normalized spacial score (nSPS) is 16.4. The van der Waals surface area contributed by atoms with Crippen molar-refractivity contribution >= 4 is 15.6 Å². The Morgan fingerprint density at radius 3 is 2.37 bits per heavy atom. The molecule has 1 heterocycles. The fourth-order valence-corrected chi connectivity index (χ4v) is 4.63. The molecule has 0 saturated carbocycles. The van der Waals surface area contributed by atoms with Gasteiger partial charge in [0.1, 0.15) is 11.6 Å². The van der Waals surface area contributed by atoms with Gasteiger partial charge in [0.05, 0.1) is 16.2 Å². The maximum Gasteiger partial charge on any atom is 0.179 e. The van der Waals surface area contributed by atoms with Crippen LogP contribution in [-0.2, 0) is 9.84 Å². The Morgan fingerprint density at radius 1 is 1.04 bits per heavy atom. The highest BCUT2D eigenvalue weighted by Gasteiger charge is 2.28. The zero-order valence-corrected chi connectivity index (χ0v) is 15.6. The number of rotatable bonds is 6. The van der Waals surface area contributed by atoms with E-state index in [2.05, 4.69) is 0 Å². The third-order valence-electron chi connectivity index (χ3n) is 4.93. The van der Waals surface area contributed by atoms with Gasteiger partial charge in [-0.3, -0.25) is 4.79 Å². The number of ketones is 1. The molecule has 0 bridgehead atoms. The molecular weight excluding hydrogens is 372 g/mol. The minimum atomic E-state index is -3.34. The zero-order valence-electron chi connectivity index (χ0n) is 14.8. The van der Waals surface area contributed by atoms with Gasteiger partial charge in [0.25, 0.3) is 0 Å². The Balaban J connectivity index is 1.55. The van der Waals surface area contributed by atoms with Gasteiger partial charge < -0.3 is 4.90 Å². The van der Waals surface area contributed by atoms with Gasteiger partial charge in [-0.05, 0) is 56.3 Å². The lowest BCUT2D eigenvalue weighted by Crippen LogP contribution is -2.39. The van der Waals surface area contributed by atoms with E-state index in [9.17, 15) is 22.0 Å². The number of benzene rings is 2. The molecule has 144 valence electrons. The summed E-state index contributed by atoms with van der Waals surface area (Å²) in [5, 5.41) is 0. The van der Waals surface area contributed by atoms with Crippen molar-refractivity contribution in [3.8, 4) is 0 Å². The average Bonchev–Trinajstić information content (AvgIpc) is 2.69. The van der Waals surface area contributed by atoms with Crippen molar-refractivity contribution in [2.75, 3.05) is 25.4 Å². The Hall–Kier alpha value is -2.12. The number of hydrogen-bond acceptors (Lipinski definition) is 4. The second kappa shape index (κ2) is 8.27. The van der Waals surface area contributed by atoms with Crippen LogP contribution >= 0.6 is 0 Å². The lowest BCUT2D eigenvalue weighted by molar-refractivity contribution is 0.0840. The Bertz CT molecular complexity index is 908. The Morgan fingerprint density at radius 2 is 1.70 bits per heavy atom. The number of carbonyl (C=O) groups is 1. The van der Waals surface area contributed by atoms with Gasteiger partial charge in [-0.15, -0.1) is 0 Å². The van der Waals surface area contributed by atoms with Crippen LogP contribution in [0.2, 0.25) is 0 Å². The molecule has 0 radical (unpaired) electrons. The van der Waals surface area contributed by atoms with E-state index in [-0.39, 0.29) is 23.0 Å². The number of hydrogen-bond donors (Lipinski definition) is 0. The smallest absolute Gasteiger partial charge is 0.179 e. The maximum atomic E-state index is 13.8. The van der Waals surface area contributed by atoms with Gasteiger partial charge >= 0.3 is 0 Å². The molecule has 1 aliphatic heterocycles. The van der Waals surface area contributed by atoms with Gasteiger partial charge in [0.15, 0.2) is 15.6 Å². The Labute approximate surface area is 157 Å². The summed E-state index contributed by atoms with van der Waals surface area (Å²) in [5.41, 5.74) is -0.208. The van der Waals surface area contributed by atoms with Gasteiger partial charge in [-0.25, -0.2) is 17.2 Å². The third-order valence-corrected chi connectivity index (χ3v) is 6.64. The predicted octanol–water partition coefficient (Wildman–Crippen LogP) is 3.33. The molecule has 7 heteroatoms. The van der Waals surface area contributed by atoms with Crippen LogP contribution in [0.25, 0.3) is 0 Å². The number of likely N-dealkylation sites (tertiary alicyclic amines) is 1. The second-order valence-electron chi connectivity index (χ2n) is 6.74. The quantitative estimate of drug-likeness (QED) is 0.707. The van der Waals surface area contributed by atoms with Gasteiger partial charge in [-0.1, -0.05) is 18.2 Å². The number of carbonyl (C=O) groups excluding carboxylic acids is 1. The van der Waals surface area contributed by atoms with Crippen molar-refractivity contribution in [2.24, 2.45) is 5.92 Å². The molecule has 1 fully saturated rings. The fourth-order valence-electron chi connectivity index (χ4n) is 3.32. The lowest BCUT2D eigenvalue weighted by Gasteiger charge is -2.31. The topological polar surface area (TPSA) is 54.5 Å². The SMILES string of the molecule is O=C(c1cc(F)ccc1F)C1CCN(CCS(=O)(=O)c2ccccc2)CC1. The maximum absolute atomic E-state index is 13.8. The summed E-state index contributed by atoms with van der Waals surface area (Å²) in [7, 11) is -3.34. The largest absolute Gasteiger partial charge is 0.302 e. The van der Waals surface area contributed by atoms with E-state index in [0.717, 1.165) is 18.2 Å². The minimum Gasteiger partial charge on any atom is -0.302 e. The number of halogens is 2. The van der Waals surface area contributed by atoms with Crippen molar-refractivity contribution in [1.29, 1.82) is 0 Å². The number of sulfone groups is 1. The standard InChI is InChI=1S/C20H21F2NO3S/c21-16-6-7-19(22)18(14-16)20(24)15-8-10-23(11-9-15)12-13-27(25,26)17-4-2-1-3-5-17/h1-7,14-15H,8-13H2. The first-order valence-corrected chi connectivity index (χ1v) is 10.5. The molecule has 0 aliphatic carbocycles. The molecule has 2 aromatic carbocycles. The van der Waals surface area contributed by atoms with Crippen LogP contribution in [0.5, 0.6) is 0 Å². The average molecular weight is 393 g/mol. The van der Waals surface area contributed by atoms with Crippen molar-refractivity contribution in [3.05, 3.63) is 65.7 Å². The summed E-state index contributed by atoms with van der Waals surface area (Å²) in [5.74, 6) is -2.10. The third kappa shape index (κ3) is 4.78. The van der Waals surface area contributed by atoms with E-state index in [4.69, 9.17) is 0 Å². The summed E-state index contributed by atoms with van der Waals surface area (Å²) in [4.78, 5) is 14.8.